The van der Waals surface area contributed by atoms with Crippen molar-refractivity contribution in [2.45, 2.75) is 30.2 Å². The lowest BCUT2D eigenvalue weighted by Gasteiger charge is -2.36. The van der Waals surface area contributed by atoms with Gasteiger partial charge >= 0.3 is 0 Å². The maximum Gasteiger partial charge on any atom is 0.244 e. The van der Waals surface area contributed by atoms with Crippen molar-refractivity contribution in [3.05, 3.63) is 22.4 Å². The molecule has 1 fully saturated rings. The van der Waals surface area contributed by atoms with Gasteiger partial charge in [-0.2, -0.15) is 4.31 Å². The van der Waals surface area contributed by atoms with Crippen LogP contribution >= 0.6 is 15.9 Å². The average molecular weight is 367 g/mol. The van der Waals surface area contributed by atoms with Gasteiger partial charge in [0.25, 0.3) is 0 Å². The molecule has 1 saturated carbocycles. The van der Waals surface area contributed by atoms with Crippen LogP contribution in [0.5, 0.6) is 0 Å². The Kier molecular flexibility index (Phi) is 4.68. The minimum Gasteiger partial charge on any atom is -0.396 e. The zero-order chi connectivity index (χ0) is 14.9. The monoisotopic (exact) mass is 366 g/mol. The van der Waals surface area contributed by atoms with E-state index in [-0.39, 0.29) is 34.2 Å². The number of aliphatic hydroxyl groups excluding tert-OH is 1. The van der Waals surface area contributed by atoms with Crippen molar-refractivity contribution >= 4 is 31.6 Å². The van der Waals surface area contributed by atoms with Gasteiger partial charge in [-0.1, -0.05) is 6.42 Å². The second kappa shape index (κ2) is 5.97. The number of hydrogen-bond acceptors (Lipinski definition) is 4. The standard InChI is InChI=1S/C12H16BrFN2O3S/c13-9-6-10(14)11(15)7-12(9)20(18,19)16(4-5-17)8-2-1-3-8/h6-8,17H,1-5,15H2. The van der Waals surface area contributed by atoms with Crippen molar-refractivity contribution in [3.63, 3.8) is 0 Å². The van der Waals surface area contributed by atoms with E-state index in [0.717, 1.165) is 31.4 Å². The van der Waals surface area contributed by atoms with E-state index >= 15 is 0 Å². The minimum absolute atomic E-state index is 0.0245. The van der Waals surface area contributed by atoms with Gasteiger partial charge in [-0.15, -0.1) is 0 Å². The Morgan fingerprint density at radius 3 is 2.60 bits per heavy atom. The van der Waals surface area contributed by atoms with Crippen LogP contribution in [0.25, 0.3) is 0 Å². The number of rotatable bonds is 5. The molecule has 8 heteroatoms. The van der Waals surface area contributed by atoms with E-state index in [0.29, 0.717) is 0 Å². The Morgan fingerprint density at radius 2 is 2.10 bits per heavy atom. The average Bonchev–Trinajstić information content (AvgIpc) is 2.30. The Bertz CT molecular complexity index is 605. The first-order valence-corrected chi connectivity index (χ1v) is 8.48. The van der Waals surface area contributed by atoms with Crippen molar-refractivity contribution in [1.82, 2.24) is 4.31 Å². The van der Waals surface area contributed by atoms with Crippen LogP contribution in [0.15, 0.2) is 21.5 Å². The van der Waals surface area contributed by atoms with Crippen LogP contribution < -0.4 is 5.73 Å². The molecule has 112 valence electrons. The number of anilines is 1. The highest BCUT2D eigenvalue weighted by Crippen LogP contribution is 2.34. The summed E-state index contributed by atoms with van der Waals surface area (Å²) in [4.78, 5) is -0.0725. The van der Waals surface area contributed by atoms with Gasteiger partial charge in [0.2, 0.25) is 10.0 Å². The minimum atomic E-state index is -3.81. The van der Waals surface area contributed by atoms with Gasteiger partial charge in [0, 0.05) is 17.1 Å². The second-order valence-electron chi connectivity index (χ2n) is 4.73. The number of aliphatic hydroxyl groups is 1. The molecule has 1 aromatic carbocycles. The summed E-state index contributed by atoms with van der Waals surface area (Å²) in [5, 5.41) is 9.08. The number of nitrogens with zero attached hydrogens (tertiary/aromatic N) is 1. The third-order valence-electron chi connectivity index (χ3n) is 3.44. The molecule has 0 spiro atoms. The number of nitrogens with two attached hydrogens (primary N) is 1. The zero-order valence-corrected chi connectivity index (χ0v) is 13.1. The molecule has 0 aromatic heterocycles. The van der Waals surface area contributed by atoms with Crippen molar-refractivity contribution < 1.29 is 17.9 Å². The second-order valence-corrected chi connectivity index (χ2v) is 7.44. The normalized spacial score (nSPS) is 16.4. The van der Waals surface area contributed by atoms with E-state index in [1.54, 1.807) is 0 Å². The maximum atomic E-state index is 13.3. The number of sulfonamides is 1. The number of halogens is 2. The van der Waals surface area contributed by atoms with Gasteiger partial charge in [-0.25, -0.2) is 12.8 Å². The fourth-order valence-electron chi connectivity index (χ4n) is 2.14. The van der Waals surface area contributed by atoms with Gasteiger partial charge in [0.15, 0.2) is 0 Å². The fraction of sp³-hybridized carbons (Fsp3) is 0.500. The lowest BCUT2D eigenvalue weighted by molar-refractivity contribution is 0.178. The van der Waals surface area contributed by atoms with Crippen LogP contribution in [0.2, 0.25) is 0 Å². The molecular weight excluding hydrogens is 351 g/mol. The smallest absolute Gasteiger partial charge is 0.244 e. The van der Waals surface area contributed by atoms with Gasteiger partial charge in [-0.05, 0) is 40.9 Å². The van der Waals surface area contributed by atoms with Crippen molar-refractivity contribution in [2.75, 3.05) is 18.9 Å². The SMILES string of the molecule is Nc1cc(S(=O)(=O)N(CCO)C2CCC2)c(Br)cc1F. The van der Waals surface area contributed by atoms with Gasteiger partial charge in [0.1, 0.15) is 5.82 Å². The summed E-state index contributed by atoms with van der Waals surface area (Å²) < 4.78 is 40.0. The molecule has 5 nitrogen and oxygen atoms in total. The molecule has 20 heavy (non-hydrogen) atoms. The van der Waals surface area contributed by atoms with Crippen molar-refractivity contribution in [2.24, 2.45) is 0 Å². The van der Waals surface area contributed by atoms with E-state index in [9.17, 15) is 12.8 Å². The molecule has 0 saturated heterocycles. The van der Waals surface area contributed by atoms with Crippen LogP contribution in [0.4, 0.5) is 10.1 Å². The van der Waals surface area contributed by atoms with E-state index in [1.807, 2.05) is 0 Å². The number of hydrogen-bond donors (Lipinski definition) is 2. The van der Waals surface area contributed by atoms with Crippen LogP contribution in [0.1, 0.15) is 19.3 Å². The zero-order valence-electron chi connectivity index (χ0n) is 10.7. The highest BCUT2D eigenvalue weighted by molar-refractivity contribution is 9.10. The predicted molar refractivity (Wildman–Crippen MR) is 77.1 cm³/mol. The summed E-state index contributed by atoms with van der Waals surface area (Å²) in [6.45, 7) is -0.235. The first-order valence-electron chi connectivity index (χ1n) is 6.25. The number of nitrogen functional groups attached to an aromatic ring is 1. The van der Waals surface area contributed by atoms with Crippen molar-refractivity contribution in [3.8, 4) is 0 Å². The largest absolute Gasteiger partial charge is 0.396 e. The summed E-state index contributed by atoms with van der Waals surface area (Å²) in [5.41, 5.74) is 5.24. The molecular formula is C12H16BrFN2O3S. The van der Waals surface area contributed by atoms with Gasteiger partial charge in [0.05, 0.1) is 17.2 Å². The summed E-state index contributed by atoms with van der Waals surface area (Å²) in [6.07, 6.45) is 2.51. The lowest BCUT2D eigenvalue weighted by Crippen LogP contribution is -2.45. The van der Waals surface area contributed by atoms with E-state index in [4.69, 9.17) is 10.8 Å². The molecule has 1 aliphatic carbocycles. The quantitative estimate of drug-likeness (QED) is 0.776. The molecule has 0 amide bonds. The van der Waals surface area contributed by atoms with E-state index in [2.05, 4.69) is 15.9 Å². The molecule has 0 heterocycles. The molecule has 0 radical (unpaired) electrons. The summed E-state index contributed by atoms with van der Waals surface area (Å²) in [6, 6.07) is 2.04. The lowest BCUT2D eigenvalue weighted by atomic mass is 9.93. The van der Waals surface area contributed by atoms with Crippen LogP contribution in [0.3, 0.4) is 0 Å². The predicted octanol–water partition coefficient (Wildman–Crippen LogP) is 1.71. The van der Waals surface area contributed by atoms with Crippen LogP contribution in [-0.2, 0) is 10.0 Å². The van der Waals surface area contributed by atoms with Crippen molar-refractivity contribution in [1.29, 1.82) is 0 Å². The first kappa shape index (κ1) is 15.7. The van der Waals surface area contributed by atoms with E-state index < -0.39 is 15.8 Å². The Labute approximate surface area is 125 Å². The van der Waals surface area contributed by atoms with Gasteiger partial charge in [-0.3, -0.25) is 0 Å². The Morgan fingerprint density at radius 1 is 1.45 bits per heavy atom. The highest BCUT2D eigenvalue weighted by atomic mass is 79.9. The third-order valence-corrected chi connectivity index (χ3v) is 6.35. The molecule has 1 aromatic rings. The Balaban J connectivity index is 2.44. The third kappa shape index (κ3) is 2.83. The molecule has 0 aliphatic heterocycles. The van der Waals surface area contributed by atoms with E-state index in [1.165, 1.54) is 4.31 Å². The summed E-state index contributed by atoms with van der Waals surface area (Å²) in [7, 11) is -3.81. The molecule has 1 aliphatic rings. The van der Waals surface area contributed by atoms with Crippen LogP contribution in [-0.4, -0.2) is 37.0 Å². The topological polar surface area (TPSA) is 83.6 Å². The summed E-state index contributed by atoms with van der Waals surface area (Å²) >= 11 is 3.06. The molecule has 0 unspecified atom stereocenters. The molecule has 0 atom stereocenters. The highest BCUT2D eigenvalue weighted by Gasteiger charge is 2.35. The van der Waals surface area contributed by atoms with Crippen LogP contribution in [0, 0.1) is 5.82 Å². The van der Waals surface area contributed by atoms with Gasteiger partial charge < -0.3 is 10.8 Å². The molecule has 0 bridgehead atoms. The fourth-order valence-corrected chi connectivity index (χ4v) is 4.83. The molecule has 2 rings (SSSR count). The summed E-state index contributed by atoms with van der Waals surface area (Å²) in [5.74, 6) is -0.673. The first-order chi connectivity index (χ1) is 9.37. The number of benzene rings is 1. The Hall–Kier alpha value is -0.700. The molecule has 3 N–H and O–H groups in total. The maximum absolute atomic E-state index is 13.3.